The number of nitrogens with one attached hydrogen (secondary N) is 3. The number of nitrogens with zero attached hydrogens (tertiary/aromatic N) is 2. The van der Waals surface area contributed by atoms with Crippen molar-refractivity contribution in [3.05, 3.63) is 42.1 Å². The van der Waals surface area contributed by atoms with Crippen LogP contribution in [0.25, 0.3) is 11.1 Å². The topological polar surface area (TPSA) is 87.8 Å². The average Bonchev–Trinajstić information content (AvgIpc) is 2.95. The Labute approximate surface area is 261 Å². The minimum absolute atomic E-state index is 0.0371. The third-order valence-electron chi connectivity index (χ3n) is 8.06. The molecule has 0 radical (unpaired) electrons. The van der Waals surface area contributed by atoms with E-state index in [9.17, 15) is 13.6 Å². The molecule has 2 aliphatic rings. The molecular weight excluding hydrogens is 564 g/mol. The Balaban J connectivity index is 1.40. The zero-order valence-corrected chi connectivity index (χ0v) is 27.2. The molecule has 0 bridgehead atoms. The second kappa shape index (κ2) is 14.9. The third-order valence-corrected chi connectivity index (χ3v) is 8.06. The summed E-state index contributed by atoms with van der Waals surface area (Å²) in [7, 11) is 0. The Hall–Kier alpha value is -2.98. The van der Waals surface area contributed by atoms with Crippen LogP contribution in [0.3, 0.4) is 0 Å². The maximum Gasteiger partial charge on any atom is 0.407 e. The van der Waals surface area contributed by atoms with Crippen LogP contribution in [0, 0.1) is 5.41 Å². The monoisotopic (exact) mass is 615 g/mol. The molecule has 4 rings (SSSR count). The van der Waals surface area contributed by atoms with Crippen LogP contribution in [0.1, 0.15) is 85.6 Å². The van der Waals surface area contributed by atoms with Crippen LogP contribution < -0.4 is 20.7 Å². The molecule has 0 unspecified atom stereocenters. The van der Waals surface area contributed by atoms with E-state index in [-0.39, 0.29) is 23.3 Å². The Kier molecular flexibility index (Phi) is 11.5. The van der Waals surface area contributed by atoms with Crippen molar-refractivity contribution >= 4 is 11.9 Å². The molecule has 0 saturated carbocycles. The normalized spacial score (nSPS) is 18.2. The maximum absolute atomic E-state index is 14.3. The second-order valence-corrected chi connectivity index (χ2v) is 14.3. The first-order valence-corrected chi connectivity index (χ1v) is 16.0. The van der Waals surface area contributed by atoms with Gasteiger partial charge in [0.05, 0.1) is 11.6 Å². The van der Waals surface area contributed by atoms with E-state index in [1.165, 1.54) is 18.9 Å². The van der Waals surface area contributed by atoms with Gasteiger partial charge < -0.3 is 30.3 Å². The number of carbonyl (C=O) groups is 1. The van der Waals surface area contributed by atoms with Crippen molar-refractivity contribution in [2.24, 2.45) is 5.41 Å². The van der Waals surface area contributed by atoms with Gasteiger partial charge in [0.1, 0.15) is 23.8 Å². The Bertz CT molecular complexity index is 1220. The van der Waals surface area contributed by atoms with Crippen LogP contribution in [0.15, 0.2) is 36.5 Å². The molecule has 2 aliphatic heterocycles. The quantitative estimate of drug-likeness (QED) is 0.265. The summed E-state index contributed by atoms with van der Waals surface area (Å²) in [5.41, 5.74) is 0.501. The number of alkyl carbamates (subject to hydrolysis) is 1. The maximum atomic E-state index is 14.3. The van der Waals surface area contributed by atoms with Gasteiger partial charge in [0.25, 0.3) is 6.43 Å². The van der Waals surface area contributed by atoms with Crippen LogP contribution in [-0.4, -0.2) is 72.5 Å². The van der Waals surface area contributed by atoms with Gasteiger partial charge in [0.15, 0.2) is 0 Å². The molecule has 10 heteroatoms. The molecular formula is C34H51F2N5O3. The van der Waals surface area contributed by atoms with E-state index < -0.39 is 24.2 Å². The first-order chi connectivity index (χ1) is 20.8. The number of alkyl halides is 2. The van der Waals surface area contributed by atoms with Gasteiger partial charge in [0.2, 0.25) is 0 Å². The summed E-state index contributed by atoms with van der Waals surface area (Å²) in [5, 5.41) is 9.87. The fraction of sp³-hybridized carbons (Fsp3) is 0.647. The smallest absolute Gasteiger partial charge is 0.407 e. The molecule has 8 nitrogen and oxygen atoms in total. The Morgan fingerprint density at radius 1 is 1.02 bits per heavy atom. The summed E-state index contributed by atoms with van der Waals surface area (Å²) >= 11 is 0. The van der Waals surface area contributed by atoms with E-state index in [4.69, 9.17) is 9.47 Å². The molecule has 3 N–H and O–H groups in total. The van der Waals surface area contributed by atoms with Gasteiger partial charge in [0, 0.05) is 31.4 Å². The summed E-state index contributed by atoms with van der Waals surface area (Å²) in [4.78, 5) is 19.6. The number of piperidine rings is 2. The number of carbonyl (C=O) groups excluding carboxylic acids is 1. The van der Waals surface area contributed by atoms with Crippen molar-refractivity contribution in [3.8, 4) is 16.9 Å². The number of hydrogen-bond donors (Lipinski definition) is 3. The van der Waals surface area contributed by atoms with Crippen molar-refractivity contribution in [1.29, 1.82) is 0 Å². The van der Waals surface area contributed by atoms with Gasteiger partial charge in [-0.3, -0.25) is 0 Å². The van der Waals surface area contributed by atoms with Gasteiger partial charge in [-0.2, -0.15) is 0 Å². The summed E-state index contributed by atoms with van der Waals surface area (Å²) < 4.78 is 39.9. The lowest BCUT2D eigenvalue weighted by Gasteiger charge is -2.39. The zero-order chi connectivity index (χ0) is 31.9. The van der Waals surface area contributed by atoms with Crippen LogP contribution in [0.5, 0.6) is 5.75 Å². The molecule has 44 heavy (non-hydrogen) atoms. The van der Waals surface area contributed by atoms with Gasteiger partial charge in [-0.05, 0) is 107 Å². The predicted molar refractivity (Wildman–Crippen MR) is 171 cm³/mol. The van der Waals surface area contributed by atoms with Crippen molar-refractivity contribution < 1.29 is 23.0 Å². The third kappa shape index (κ3) is 10.6. The van der Waals surface area contributed by atoms with Crippen molar-refractivity contribution in [1.82, 2.24) is 20.5 Å². The molecule has 1 amide bonds. The van der Waals surface area contributed by atoms with Crippen LogP contribution in [-0.2, 0) is 4.74 Å². The van der Waals surface area contributed by atoms with Gasteiger partial charge in [-0.1, -0.05) is 26.8 Å². The molecule has 2 saturated heterocycles. The molecule has 1 aromatic heterocycles. The van der Waals surface area contributed by atoms with Gasteiger partial charge in [-0.25, -0.2) is 18.6 Å². The number of amides is 1. The number of ether oxygens (including phenoxy) is 2. The zero-order valence-electron chi connectivity index (χ0n) is 27.2. The molecule has 0 aliphatic carbocycles. The summed E-state index contributed by atoms with van der Waals surface area (Å²) in [6, 6.07) is 9.21. The fourth-order valence-electron chi connectivity index (χ4n) is 6.06. The number of hydrogen-bond acceptors (Lipinski definition) is 7. The molecule has 3 heterocycles. The SMILES string of the molecule is CC(C)(C)C[C@@H](COc1ccc(-c2ccnc(NC3CCN(C4CCNCC4)CC3)c2)cc1C(F)F)NC(=O)OC(C)(C)C. The highest BCUT2D eigenvalue weighted by Gasteiger charge is 2.27. The molecule has 0 spiro atoms. The highest BCUT2D eigenvalue weighted by Crippen LogP contribution is 2.34. The van der Waals surface area contributed by atoms with E-state index in [0.717, 1.165) is 50.4 Å². The summed E-state index contributed by atoms with van der Waals surface area (Å²) in [6.45, 7) is 15.9. The summed E-state index contributed by atoms with van der Waals surface area (Å²) in [5.74, 6) is 0.849. The standard InChI is InChI=1S/C34H51F2N5O3/c1-33(2,3)21-26(40-32(42)44-34(4,5)6)22-43-29-8-7-23(19-28(29)31(35)36)24-9-16-38-30(20-24)39-25-12-17-41(18-13-25)27-10-14-37-15-11-27/h7-9,16,19-20,25-27,31,37H,10-15,17-18,21-22H2,1-6H3,(H,38,39)(H,40,42)/t26-/m0/s1. The highest BCUT2D eigenvalue weighted by molar-refractivity contribution is 5.69. The first kappa shape index (κ1) is 33.9. The minimum atomic E-state index is -2.73. The number of aromatic nitrogens is 1. The number of likely N-dealkylation sites (tertiary alicyclic amines) is 1. The van der Waals surface area contributed by atoms with Crippen molar-refractivity contribution in [3.63, 3.8) is 0 Å². The Morgan fingerprint density at radius 3 is 2.34 bits per heavy atom. The number of pyridine rings is 1. The van der Waals surface area contributed by atoms with Crippen LogP contribution in [0.2, 0.25) is 0 Å². The van der Waals surface area contributed by atoms with Crippen LogP contribution in [0.4, 0.5) is 19.4 Å². The minimum Gasteiger partial charge on any atom is -0.491 e. The Morgan fingerprint density at radius 2 is 1.70 bits per heavy atom. The van der Waals surface area contributed by atoms with E-state index in [0.29, 0.717) is 24.1 Å². The number of halogens is 2. The highest BCUT2D eigenvalue weighted by atomic mass is 19.3. The van der Waals surface area contributed by atoms with Crippen molar-refractivity contribution in [2.45, 2.75) is 104 Å². The first-order valence-electron chi connectivity index (χ1n) is 16.0. The van der Waals surface area contributed by atoms with E-state index in [2.05, 4.69) is 25.8 Å². The van der Waals surface area contributed by atoms with E-state index >= 15 is 0 Å². The molecule has 1 atom stereocenters. The van der Waals surface area contributed by atoms with E-state index in [1.807, 2.05) is 32.9 Å². The number of rotatable bonds is 10. The molecule has 1 aromatic carbocycles. The predicted octanol–water partition coefficient (Wildman–Crippen LogP) is 7.02. The van der Waals surface area contributed by atoms with E-state index in [1.54, 1.807) is 39.1 Å². The average molecular weight is 616 g/mol. The largest absolute Gasteiger partial charge is 0.491 e. The lowest BCUT2D eigenvalue weighted by molar-refractivity contribution is 0.0469. The number of benzene rings is 1. The van der Waals surface area contributed by atoms with Crippen LogP contribution >= 0.6 is 0 Å². The number of anilines is 1. The molecule has 244 valence electrons. The lowest BCUT2D eigenvalue weighted by Crippen LogP contribution is -2.48. The van der Waals surface area contributed by atoms with Gasteiger partial charge >= 0.3 is 6.09 Å². The van der Waals surface area contributed by atoms with Gasteiger partial charge in [-0.15, -0.1) is 0 Å². The molecule has 2 fully saturated rings. The fourth-order valence-corrected chi connectivity index (χ4v) is 6.06. The lowest BCUT2D eigenvalue weighted by atomic mass is 9.88. The summed E-state index contributed by atoms with van der Waals surface area (Å²) in [6.07, 6.45) is 3.54. The van der Waals surface area contributed by atoms with Crippen molar-refractivity contribution in [2.75, 3.05) is 38.1 Å². The second-order valence-electron chi connectivity index (χ2n) is 14.3. The molecule has 2 aromatic rings.